The minimum atomic E-state index is -0.262. The van der Waals surface area contributed by atoms with Crippen molar-refractivity contribution in [3.05, 3.63) is 23.4 Å². The van der Waals surface area contributed by atoms with Crippen molar-refractivity contribution in [1.29, 1.82) is 0 Å². The summed E-state index contributed by atoms with van der Waals surface area (Å²) in [5.41, 5.74) is 2.37. The van der Waals surface area contributed by atoms with Crippen LogP contribution in [0.25, 0.3) is 0 Å². The van der Waals surface area contributed by atoms with Gasteiger partial charge in [-0.25, -0.2) is 4.98 Å². The lowest BCUT2D eigenvalue weighted by Crippen LogP contribution is -2.22. The van der Waals surface area contributed by atoms with E-state index in [9.17, 15) is 0 Å². The van der Waals surface area contributed by atoms with Crippen LogP contribution in [0.2, 0.25) is 0 Å². The zero-order valence-corrected chi connectivity index (χ0v) is 11.9. The summed E-state index contributed by atoms with van der Waals surface area (Å²) in [4.78, 5) is 4.27. The van der Waals surface area contributed by atoms with Crippen LogP contribution >= 0.6 is 12.6 Å². The Kier molecular flexibility index (Phi) is 3.58. The molecule has 3 heteroatoms. The summed E-state index contributed by atoms with van der Waals surface area (Å²) in [6, 6.07) is 2.05. The second-order valence-corrected chi connectivity index (χ2v) is 6.67. The Morgan fingerprint density at radius 2 is 1.75 bits per heavy atom. The van der Waals surface area contributed by atoms with Crippen LogP contribution < -0.4 is 4.74 Å². The Balaban J connectivity index is 3.51. The molecule has 2 nitrogen and oxygen atoms in total. The first-order chi connectivity index (χ1) is 7.18. The van der Waals surface area contributed by atoms with E-state index in [1.807, 2.05) is 0 Å². The number of thiol groups is 1. The summed E-state index contributed by atoms with van der Waals surface area (Å²) in [5, 5.41) is 0. The highest BCUT2D eigenvalue weighted by atomic mass is 32.1. The van der Waals surface area contributed by atoms with Crippen molar-refractivity contribution < 1.29 is 4.74 Å². The molecule has 0 aliphatic carbocycles. The summed E-state index contributed by atoms with van der Waals surface area (Å²) in [6.07, 6.45) is 1.79. The van der Waals surface area contributed by atoms with Gasteiger partial charge in [0.2, 0.25) is 5.88 Å². The number of hydrogen-bond acceptors (Lipinski definition) is 3. The first kappa shape index (κ1) is 13.4. The van der Waals surface area contributed by atoms with Crippen LogP contribution in [0.4, 0.5) is 0 Å². The molecule has 0 bridgehead atoms. The normalized spacial score (nSPS) is 12.7. The van der Waals surface area contributed by atoms with Gasteiger partial charge in [0.15, 0.2) is 0 Å². The molecule has 1 heterocycles. The van der Waals surface area contributed by atoms with Gasteiger partial charge in [-0.2, -0.15) is 12.6 Å². The van der Waals surface area contributed by atoms with Crippen molar-refractivity contribution in [2.24, 2.45) is 0 Å². The van der Waals surface area contributed by atoms with Crippen molar-refractivity contribution in [2.75, 3.05) is 7.11 Å². The minimum Gasteiger partial charge on any atom is -0.481 e. The maximum absolute atomic E-state index is 5.35. The third-order valence-electron chi connectivity index (χ3n) is 2.53. The Morgan fingerprint density at radius 1 is 1.19 bits per heavy atom. The molecular weight excluding hydrogens is 218 g/mol. The fourth-order valence-electron chi connectivity index (χ4n) is 1.81. The molecular formula is C13H21NOS. The second kappa shape index (κ2) is 4.28. The van der Waals surface area contributed by atoms with E-state index in [0.717, 1.165) is 5.56 Å². The van der Waals surface area contributed by atoms with Gasteiger partial charge in [0, 0.05) is 16.5 Å². The number of aromatic nitrogens is 1. The van der Waals surface area contributed by atoms with Crippen LogP contribution in [0, 0.1) is 0 Å². The average Bonchev–Trinajstić information content (AvgIpc) is 2.13. The van der Waals surface area contributed by atoms with Gasteiger partial charge in [-0.1, -0.05) is 20.8 Å². The van der Waals surface area contributed by atoms with Crippen LogP contribution in [-0.4, -0.2) is 12.1 Å². The lowest BCUT2D eigenvalue weighted by molar-refractivity contribution is 0.384. The maximum atomic E-state index is 5.35. The van der Waals surface area contributed by atoms with Crippen LogP contribution in [-0.2, 0) is 10.2 Å². The van der Waals surface area contributed by atoms with Gasteiger partial charge >= 0.3 is 0 Å². The lowest BCUT2D eigenvalue weighted by atomic mass is 9.81. The van der Waals surface area contributed by atoms with Crippen LogP contribution in [0.3, 0.4) is 0 Å². The molecule has 0 unspecified atom stereocenters. The average molecular weight is 239 g/mol. The number of rotatable bonds is 2. The summed E-state index contributed by atoms with van der Waals surface area (Å²) in [5.74, 6) is 0.674. The van der Waals surface area contributed by atoms with Gasteiger partial charge in [0.05, 0.1) is 7.11 Å². The van der Waals surface area contributed by atoms with E-state index in [4.69, 9.17) is 4.74 Å². The Hall–Kier alpha value is -0.700. The van der Waals surface area contributed by atoms with Crippen molar-refractivity contribution in [3.63, 3.8) is 0 Å². The first-order valence-electron chi connectivity index (χ1n) is 5.44. The van der Waals surface area contributed by atoms with E-state index in [-0.39, 0.29) is 10.2 Å². The molecule has 1 aromatic rings. The molecule has 0 amide bonds. The fourth-order valence-corrected chi connectivity index (χ4v) is 2.03. The molecule has 16 heavy (non-hydrogen) atoms. The molecule has 0 aliphatic heterocycles. The molecule has 0 aromatic carbocycles. The zero-order valence-electron chi connectivity index (χ0n) is 11.0. The standard InChI is InChI=1S/C13H21NOS/c1-12(2,3)9-7-8-14-11(15-6)10(9)13(4,5)16/h7-8,16H,1-6H3. The van der Waals surface area contributed by atoms with E-state index >= 15 is 0 Å². The third-order valence-corrected chi connectivity index (χ3v) is 2.75. The first-order valence-corrected chi connectivity index (χ1v) is 5.89. The molecule has 0 radical (unpaired) electrons. The Bertz CT molecular complexity index is 374. The van der Waals surface area contributed by atoms with Gasteiger partial charge in [-0.15, -0.1) is 0 Å². The van der Waals surface area contributed by atoms with Gasteiger partial charge in [0.1, 0.15) is 0 Å². The van der Waals surface area contributed by atoms with Crippen LogP contribution in [0.5, 0.6) is 5.88 Å². The van der Waals surface area contributed by atoms with Crippen molar-refractivity contribution >= 4 is 12.6 Å². The number of nitrogens with zero attached hydrogens (tertiary/aromatic N) is 1. The van der Waals surface area contributed by atoms with E-state index < -0.39 is 0 Å². The van der Waals surface area contributed by atoms with Gasteiger partial charge in [0.25, 0.3) is 0 Å². The zero-order chi connectivity index (χ0) is 12.6. The number of ether oxygens (including phenoxy) is 1. The van der Waals surface area contributed by atoms with Crippen LogP contribution in [0.15, 0.2) is 12.3 Å². The van der Waals surface area contributed by atoms with Crippen molar-refractivity contribution in [3.8, 4) is 5.88 Å². The molecule has 0 N–H and O–H groups in total. The summed E-state index contributed by atoms with van der Waals surface area (Å²) in [7, 11) is 1.65. The quantitative estimate of drug-likeness (QED) is 0.797. The Labute approximate surface area is 104 Å². The minimum absolute atomic E-state index is 0.0611. The fraction of sp³-hybridized carbons (Fsp3) is 0.615. The smallest absolute Gasteiger partial charge is 0.217 e. The van der Waals surface area contributed by atoms with E-state index in [2.05, 4.69) is 58.3 Å². The largest absolute Gasteiger partial charge is 0.481 e. The molecule has 90 valence electrons. The summed E-state index contributed by atoms with van der Waals surface area (Å²) >= 11 is 4.65. The SMILES string of the molecule is COc1nccc(C(C)(C)C)c1C(C)(C)S. The number of methoxy groups -OCH3 is 1. The maximum Gasteiger partial charge on any atom is 0.217 e. The second-order valence-electron chi connectivity index (χ2n) is 5.55. The third kappa shape index (κ3) is 2.70. The van der Waals surface area contributed by atoms with Gasteiger partial charge in [-0.3, -0.25) is 0 Å². The molecule has 0 atom stereocenters. The molecule has 0 saturated heterocycles. The highest BCUT2D eigenvalue weighted by Crippen LogP contribution is 2.40. The highest BCUT2D eigenvalue weighted by Gasteiger charge is 2.29. The summed E-state index contributed by atoms with van der Waals surface area (Å²) in [6.45, 7) is 10.7. The lowest BCUT2D eigenvalue weighted by Gasteiger charge is -2.30. The Morgan fingerprint density at radius 3 is 2.12 bits per heavy atom. The van der Waals surface area contributed by atoms with Gasteiger partial charge in [-0.05, 0) is 30.9 Å². The molecule has 0 saturated carbocycles. The molecule has 0 fully saturated rings. The molecule has 0 spiro atoms. The topological polar surface area (TPSA) is 22.1 Å². The molecule has 1 aromatic heterocycles. The molecule has 1 rings (SSSR count). The van der Waals surface area contributed by atoms with Crippen molar-refractivity contribution in [2.45, 2.75) is 44.8 Å². The molecule has 0 aliphatic rings. The summed E-state index contributed by atoms with van der Waals surface area (Å²) < 4.78 is 5.09. The van der Waals surface area contributed by atoms with Crippen molar-refractivity contribution in [1.82, 2.24) is 4.98 Å². The van der Waals surface area contributed by atoms with Gasteiger partial charge < -0.3 is 4.74 Å². The number of hydrogen-bond donors (Lipinski definition) is 1. The predicted octanol–water partition coefficient (Wildman–Crippen LogP) is 3.55. The van der Waals surface area contributed by atoms with E-state index in [1.54, 1.807) is 13.3 Å². The van der Waals surface area contributed by atoms with E-state index in [0.29, 0.717) is 5.88 Å². The highest BCUT2D eigenvalue weighted by molar-refractivity contribution is 7.81. The van der Waals surface area contributed by atoms with E-state index in [1.165, 1.54) is 5.56 Å². The number of pyridine rings is 1. The van der Waals surface area contributed by atoms with Crippen LogP contribution in [0.1, 0.15) is 45.7 Å². The predicted molar refractivity (Wildman–Crippen MR) is 71.5 cm³/mol. The monoisotopic (exact) mass is 239 g/mol.